The summed E-state index contributed by atoms with van der Waals surface area (Å²) in [5.41, 5.74) is 1.63. The van der Waals surface area contributed by atoms with Gasteiger partial charge < -0.3 is 29.3 Å². The lowest BCUT2D eigenvalue weighted by Gasteiger charge is -2.44. The van der Waals surface area contributed by atoms with E-state index in [4.69, 9.17) is 9.47 Å². The molecule has 3 aliphatic heterocycles. The lowest BCUT2D eigenvalue weighted by molar-refractivity contribution is -0.120. The smallest absolute Gasteiger partial charge is 0.258 e. The Labute approximate surface area is 309 Å². The van der Waals surface area contributed by atoms with E-state index in [0.717, 1.165) is 94.4 Å². The third-order valence-corrected chi connectivity index (χ3v) is 11.0. The standard InChI is InChI=1S/C39H50F3N7O4/c1-26(2)49(28-20-39(41,42)21-28)37(50)30-19-27(40)5-6-33(30)53-35-22-43-25-45-36(35)48-16-8-29(9-17-48)52-34-7-12-44-32-10-15-46(23-31(32)34)13-4-14-47-18-11-38(3,51)24-47/h5-7,12,19,22,25-26,28-29,51H,4,8-11,13-18,20-21,23-24H2,1-3H3/t38-/m0/s1. The second-order valence-electron chi connectivity index (χ2n) is 15.6. The van der Waals surface area contributed by atoms with Gasteiger partial charge in [0.2, 0.25) is 0 Å². The Morgan fingerprint density at radius 1 is 1.04 bits per heavy atom. The van der Waals surface area contributed by atoms with Crippen molar-refractivity contribution in [3.63, 3.8) is 0 Å². The number of likely N-dealkylation sites (tertiary alicyclic amines) is 1. The van der Waals surface area contributed by atoms with Crippen molar-refractivity contribution < 1.29 is 32.5 Å². The number of nitrogens with zero attached hydrogens (tertiary/aromatic N) is 7. The van der Waals surface area contributed by atoms with Crippen LogP contribution >= 0.6 is 0 Å². The molecule has 1 N–H and O–H groups in total. The molecule has 0 spiro atoms. The fourth-order valence-electron chi connectivity index (χ4n) is 8.16. The number of piperidine rings is 1. The van der Waals surface area contributed by atoms with E-state index in [1.165, 1.54) is 29.6 Å². The number of halogens is 3. The van der Waals surface area contributed by atoms with Crippen LogP contribution in [0.25, 0.3) is 0 Å². The van der Waals surface area contributed by atoms with E-state index in [9.17, 15) is 23.1 Å². The molecule has 1 saturated carbocycles. The number of rotatable bonds is 12. The molecule has 1 aromatic carbocycles. The summed E-state index contributed by atoms with van der Waals surface area (Å²) >= 11 is 0. The van der Waals surface area contributed by atoms with Gasteiger partial charge in [-0.25, -0.2) is 23.1 Å². The molecule has 14 heteroatoms. The van der Waals surface area contributed by atoms with Gasteiger partial charge in [-0.2, -0.15) is 0 Å². The van der Waals surface area contributed by atoms with Gasteiger partial charge in [-0.3, -0.25) is 14.7 Å². The molecule has 0 bridgehead atoms. The fraction of sp³-hybridized carbons (Fsp3) is 0.590. The molecular formula is C39H50F3N7O4. The number of aliphatic hydroxyl groups is 1. The number of aromatic nitrogens is 3. The zero-order chi connectivity index (χ0) is 37.3. The minimum atomic E-state index is -2.81. The van der Waals surface area contributed by atoms with Crippen LogP contribution in [0.3, 0.4) is 0 Å². The summed E-state index contributed by atoms with van der Waals surface area (Å²) in [6, 6.07) is 4.62. The number of pyridine rings is 1. The van der Waals surface area contributed by atoms with Crippen LogP contribution in [-0.4, -0.2) is 116 Å². The molecule has 3 fully saturated rings. The average molecular weight is 738 g/mol. The van der Waals surface area contributed by atoms with Crippen molar-refractivity contribution >= 4 is 11.7 Å². The van der Waals surface area contributed by atoms with E-state index in [-0.39, 0.29) is 23.5 Å². The van der Waals surface area contributed by atoms with Crippen LogP contribution in [-0.2, 0) is 13.0 Å². The van der Waals surface area contributed by atoms with E-state index in [1.807, 2.05) is 19.2 Å². The van der Waals surface area contributed by atoms with Gasteiger partial charge in [0.05, 0.1) is 17.4 Å². The summed E-state index contributed by atoms with van der Waals surface area (Å²) < 4.78 is 55.0. The number of carbonyl (C=O) groups is 1. The van der Waals surface area contributed by atoms with Crippen LogP contribution < -0.4 is 14.4 Å². The van der Waals surface area contributed by atoms with Crippen LogP contribution in [0.2, 0.25) is 0 Å². The first kappa shape index (κ1) is 37.3. The van der Waals surface area contributed by atoms with Gasteiger partial charge >= 0.3 is 0 Å². The normalized spacial score (nSPS) is 22.5. The first-order valence-corrected chi connectivity index (χ1v) is 18.9. The number of fused-ring (bicyclic) bond motifs is 1. The van der Waals surface area contributed by atoms with E-state index in [1.54, 1.807) is 13.8 Å². The van der Waals surface area contributed by atoms with Crippen molar-refractivity contribution in [1.29, 1.82) is 0 Å². The first-order chi connectivity index (χ1) is 25.3. The van der Waals surface area contributed by atoms with Gasteiger partial charge in [0.15, 0.2) is 11.6 Å². The number of carbonyl (C=O) groups excluding carboxylic acids is 1. The molecule has 3 aromatic rings. The highest BCUT2D eigenvalue weighted by Crippen LogP contribution is 2.43. The summed E-state index contributed by atoms with van der Waals surface area (Å²) in [6.45, 7) is 12.1. The number of benzene rings is 1. The van der Waals surface area contributed by atoms with Crippen LogP contribution in [0.5, 0.6) is 17.2 Å². The zero-order valence-corrected chi connectivity index (χ0v) is 30.8. The quantitative estimate of drug-likeness (QED) is 0.249. The van der Waals surface area contributed by atoms with Crippen LogP contribution in [0.4, 0.5) is 19.0 Å². The molecular weight excluding hydrogens is 687 g/mol. The lowest BCUT2D eigenvalue weighted by Crippen LogP contribution is -2.55. The fourth-order valence-corrected chi connectivity index (χ4v) is 8.16. The van der Waals surface area contributed by atoms with Crippen molar-refractivity contribution in [2.24, 2.45) is 0 Å². The van der Waals surface area contributed by atoms with Gasteiger partial charge in [0, 0.05) is 101 Å². The Kier molecular flexibility index (Phi) is 10.8. The van der Waals surface area contributed by atoms with Crippen molar-refractivity contribution in [3.8, 4) is 17.2 Å². The molecule has 1 amide bonds. The average Bonchev–Trinajstić information content (AvgIpc) is 3.47. The predicted molar refractivity (Wildman–Crippen MR) is 193 cm³/mol. The number of β-amino-alcohol motifs (C(OH)–C–C–N with tert-alkyl or cyclic N) is 1. The first-order valence-electron chi connectivity index (χ1n) is 18.9. The number of hydrogen-bond acceptors (Lipinski definition) is 10. The van der Waals surface area contributed by atoms with Crippen molar-refractivity contribution in [1.82, 2.24) is 29.7 Å². The Hall–Kier alpha value is -4.01. The largest absolute Gasteiger partial charge is 0.490 e. The number of ether oxygens (including phenoxy) is 2. The molecule has 11 nitrogen and oxygen atoms in total. The summed E-state index contributed by atoms with van der Waals surface area (Å²) in [7, 11) is 0. The van der Waals surface area contributed by atoms with Gasteiger partial charge in [-0.05, 0) is 71.0 Å². The molecule has 2 aromatic heterocycles. The maximum atomic E-state index is 14.5. The third kappa shape index (κ3) is 8.70. The molecule has 5 heterocycles. The van der Waals surface area contributed by atoms with E-state index >= 15 is 0 Å². The molecule has 4 aliphatic rings. The second kappa shape index (κ2) is 15.4. The van der Waals surface area contributed by atoms with Crippen molar-refractivity contribution in [2.45, 2.75) is 102 Å². The van der Waals surface area contributed by atoms with Gasteiger partial charge in [0.25, 0.3) is 11.8 Å². The van der Waals surface area contributed by atoms with Crippen LogP contribution in [0, 0.1) is 5.82 Å². The van der Waals surface area contributed by atoms with Crippen LogP contribution in [0.15, 0.2) is 43.0 Å². The topological polar surface area (TPSA) is 107 Å². The zero-order valence-electron chi connectivity index (χ0n) is 30.8. The highest BCUT2D eigenvalue weighted by Gasteiger charge is 2.50. The Morgan fingerprint density at radius 3 is 2.53 bits per heavy atom. The SMILES string of the molecule is CC(C)N(C(=O)c1cc(F)ccc1Oc1cncnc1N1CCC(Oc2ccnc3c2CN(CCCN2CC[C@](C)(O)C2)CC3)CC1)C1CC(F)(F)C1. The molecule has 1 atom stereocenters. The third-order valence-electron chi connectivity index (χ3n) is 11.0. The second-order valence-corrected chi connectivity index (χ2v) is 15.6. The molecule has 1 aliphatic carbocycles. The predicted octanol–water partition coefficient (Wildman–Crippen LogP) is 5.70. The Morgan fingerprint density at radius 2 is 1.81 bits per heavy atom. The molecule has 286 valence electrons. The highest BCUT2D eigenvalue weighted by atomic mass is 19.3. The molecule has 7 rings (SSSR count). The van der Waals surface area contributed by atoms with Gasteiger partial charge in [0.1, 0.15) is 29.7 Å². The van der Waals surface area contributed by atoms with Gasteiger partial charge in [-0.15, -0.1) is 0 Å². The van der Waals surface area contributed by atoms with Gasteiger partial charge in [-0.1, -0.05) is 0 Å². The molecule has 53 heavy (non-hydrogen) atoms. The van der Waals surface area contributed by atoms with E-state index in [0.29, 0.717) is 24.7 Å². The minimum absolute atomic E-state index is 0.00971. The molecule has 0 radical (unpaired) electrons. The number of hydrogen-bond donors (Lipinski definition) is 1. The monoisotopic (exact) mass is 737 g/mol. The Bertz CT molecular complexity index is 1760. The van der Waals surface area contributed by atoms with Crippen LogP contribution in [0.1, 0.15) is 80.9 Å². The summed E-state index contributed by atoms with van der Waals surface area (Å²) in [5.74, 6) is -2.19. The Balaban J connectivity index is 0.976. The maximum absolute atomic E-state index is 14.5. The number of amides is 1. The van der Waals surface area contributed by atoms with Crippen molar-refractivity contribution in [2.75, 3.05) is 50.7 Å². The summed E-state index contributed by atoms with van der Waals surface area (Å²) in [6.07, 6.45) is 8.15. The highest BCUT2D eigenvalue weighted by molar-refractivity contribution is 5.97. The number of anilines is 1. The van der Waals surface area contributed by atoms with E-state index < -0.39 is 42.1 Å². The molecule has 2 saturated heterocycles. The number of alkyl halides is 2. The summed E-state index contributed by atoms with van der Waals surface area (Å²) in [4.78, 5) is 35.4. The maximum Gasteiger partial charge on any atom is 0.258 e. The molecule has 0 unspecified atom stereocenters. The van der Waals surface area contributed by atoms with Crippen molar-refractivity contribution in [3.05, 3.63) is 65.6 Å². The van der Waals surface area contributed by atoms with E-state index in [2.05, 4.69) is 29.7 Å². The summed E-state index contributed by atoms with van der Waals surface area (Å²) in [5, 5.41) is 10.3. The minimum Gasteiger partial charge on any atom is -0.490 e. The lowest BCUT2D eigenvalue weighted by atomic mass is 9.85.